The van der Waals surface area contributed by atoms with Crippen LogP contribution < -0.4 is 14.8 Å². The average molecular weight is 398 g/mol. The van der Waals surface area contributed by atoms with Gasteiger partial charge in [0.15, 0.2) is 27.3 Å². The van der Waals surface area contributed by atoms with E-state index < -0.39 is 14.6 Å². The first-order valence-electron chi connectivity index (χ1n) is 9.29. The number of methoxy groups -OCH3 is 1. The van der Waals surface area contributed by atoms with Crippen LogP contribution in [0.3, 0.4) is 0 Å². The Kier molecular flexibility index (Phi) is 6.97. The molecule has 0 spiro atoms. The van der Waals surface area contributed by atoms with Gasteiger partial charge in [-0.05, 0) is 45.4 Å². The third-order valence-corrected chi connectivity index (χ3v) is 7.15. The Morgan fingerprint density at radius 2 is 2.04 bits per heavy atom. The highest BCUT2D eigenvalue weighted by Gasteiger charge is 2.40. The first kappa shape index (κ1) is 21.3. The summed E-state index contributed by atoms with van der Waals surface area (Å²) in [6, 6.07) is 5.77. The van der Waals surface area contributed by atoms with Crippen LogP contribution in [0, 0.1) is 0 Å². The van der Waals surface area contributed by atoms with Crippen molar-refractivity contribution in [2.45, 2.75) is 39.0 Å². The average Bonchev–Trinajstić information content (AvgIpc) is 2.62. The van der Waals surface area contributed by atoms with Gasteiger partial charge in [-0.25, -0.2) is 13.4 Å². The van der Waals surface area contributed by atoms with Gasteiger partial charge < -0.3 is 19.7 Å². The smallest absolute Gasteiger partial charge is 0.194 e. The molecule has 2 rings (SSSR count). The molecule has 152 valence electrons. The van der Waals surface area contributed by atoms with Crippen LogP contribution in [0.4, 0.5) is 0 Å². The van der Waals surface area contributed by atoms with Gasteiger partial charge in [-0.2, -0.15) is 0 Å². The van der Waals surface area contributed by atoms with Crippen molar-refractivity contribution in [2.75, 3.05) is 39.1 Å². The van der Waals surface area contributed by atoms with Crippen molar-refractivity contribution in [3.05, 3.63) is 23.8 Å². The summed E-state index contributed by atoms with van der Waals surface area (Å²) in [7, 11) is -1.47. The highest BCUT2D eigenvalue weighted by atomic mass is 32.2. The Balaban J connectivity index is 2.19. The number of nitrogens with one attached hydrogen (secondary N) is 1. The van der Waals surface area contributed by atoms with Gasteiger partial charge in [0, 0.05) is 19.6 Å². The number of rotatable bonds is 6. The van der Waals surface area contributed by atoms with Crippen LogP contribution in [0.2, 0.25) is 0 Å². The van der Waals surface area contributed by atoms with E-state index in [1.54, 1.807) is 21.0 Å². The van der Waals surface area contributed by atoms with Gasteiger partial charge in [0.1, 0.15) is 0 Å². The minimum absolute atomic E-state index is 0.140. The SMILES string of the molecule is CCNC(=NCc1ccc(OCC)c(OC)c1)N1CCS(=O)(=O)C(C)(C)C1. The molecule has 0 aliphatic carbocycles. The van der Waals surface area contributed by atoms with E-state index in [2.05, 4.69) is 5.32 Å². The van der Waals surface area contributed by atoms with Crippen LogP contribution >= 0.6 is 0 Å². The normalized spacial score (nSPS) is 18.9. The summed E-state index contributed by atoms with van der Waals surface area (Å²) in [6.45, 7) is 10.1. The molecule has 1 aliphatic heterocycles. The standard InChI is InChI=1S/C19H31N3O4S/c1-6-20-18(22-10-11-27(23,24)19(3,4)14-22)21-13-15-8-9-16(26-7-2)17(12-15)25-5/h8-9,12H,6-7,10-11,13-14H2,1-5H3,(H,20,21). The van der Waals surface area contributed by atoms with Crippen molar-refractivity contribution in [1.29, 1.82) is 0 Å². The van der Waals surface area contributed by atoms with E-state index >= 15 is 0 Å². The zero-order chi connectivity index (χ0) is 20.1. The van der Waals surface area contributed by atoms with Crippen molar-refractivity contribution >= 4 is 15.8 Å². The molecule has 1 aromatic rings. The second-order valence-corrected chi connectivity index (χ2v) is 9.83. The highest BCUT2D eigenvalue weighted by Crippen LogP contribution is 2.28. The molecule has 0 amide bonds. The molecule has 0 aromatic heterocycles. The molecule has 0 atom stereocenters. The van der Waals surface area contributed by atoms with E-state index in [1.165, 1.54) is 0 Å². The van der Waals surface area contributed by atoms with Crippen molar-refractivity contribution in [2.24, 2.45) is 4.99 Å². The van der Waals surface area contributed by atoms with Crippen LogP contribution in [-0.2, 0) is 16.4 Å². The lowest BCUT2D eigenvalue weighted by Crippen LogP contribution is -2.57. The maximum absolute atomic E-state index is 12.3. The predicted molar refractivity (Wildman–Crippen MR) is 108 cm³/mol. The van der Waals surface area contributed by atoms with E-state index in [0.717, 1.165) is 18.1 Å². The highest BCUT2D eigenvalue weighted by molar-refractivity contribution is 7.92. The van der Waals surface area contributed by atoms with E-state index in [9.17, 15) is 8.42 Å². The number of hydrogen-bond acceptors (Lipinski definition) is 5. The number of aliphatic imine (C=N–C) groups is 1. The molecule has 27 heavy (non-hydrogen) atoms. The molecule has 8 heteroatoms. The van der Waals surface area contributed by atoms with Gasteiger partial charge in [0.05, 0.1) is 30.8 Å². The van der Waals surface area contributed by atoms with Crippen molar-refractivity contribution in [3.63, 3.8) is 0 Å². The van der Waals surface area contributed by atoms with Gasteiger partial charge in [0.2, 0.25) is 0 Å². The van der Waals surface area contributed by atoms with Crippen LogP contribution in [0.15, 0.2) is 23.2 Å². The second-order valence-electron chi connectivity index (χ2n) is 7.09. The summed E-state index contributed by atoms with van der Waals surface area (Å²) < 4.78 is 34.7. The first-order chi connectivity index (χ1) is 12.7. The molecule has 1 fully saturated rings. The molecule has 0 saturated carbocycles. The number of hydrogen-bond donors (Lipinski definition) is 1. The van der Waals surface area contributed by atoms with E-state index in [0.29, 0.717) is 37.7 Å². The molecule has 0 bridgehead atoms. The van der Waals surface area contributed by atoms with Crippen LogP contribution in [-0.4, -0.2) is 63.1 Å². The first-order valence-corrected chi connectivity index (χ1v) is 10.9. The van der Waals surface area contributed by atoms with E-state index in [1.807, 2.05) is 36.9 Å². The maximum Gasteiger partial charge on any atom is 0.194 e. The van der Waals surface area contributed by atoms with Crippen LogP contribution in [0.1, 0.15) is 33.3 Å². The van der Waals surface area contributed by atoms with Gasteiger partial charge in [0.25, 0.3) is 0 Å². The lowest BCUT2D eigenvalue weighted by atomic mass is 10.2. The number of benzene rings is 1. The Labute approximate surface area is 162 Å². The minimum Gasteiger partial charge on any atom is -0.493 e. The summed E-state index contributed by atoms with van der Waals surface area (Å²) in [5.41, 5.74) is 0.995. The molecule has 1 heterocycles. The number of nitrogens with zero attached hydrogens (tertiary/aromatic N) is 2. The van der Waals surface area contributed by atoms with Gasteiger partial charge in [-0.15, -0.1) is 0 Å². The number of sulfone groups is 1. The number of guanidine groups is 1. The molecule has 1 aromatic carbocycles. The Morgan fingerprint density at radius 1 is 1.30 bits per heavy atom. The summed E-state index contributed by atoms with van der Waals surface area (Å²) in [4.78, 5) is 6.74. The van der Waals surface area contributed by atoms with Crippen LogP contribution in [0.5, 0.6) is 11.5 Å². The lowest BCUT2D eigenvalue weighted by Gasteiger charge is -2.39. The lowest BCUT2D eigenvalue weighted by molar-refractivity contribution is 0.310. The summed E-state index contributed by atoms with van der Waals surface area (Å²) in [5, 5.41) is 3.27. The summed E-state index contributed by atoms with van der Waals surface area (Å²) >= 11 is 0. The molecular formula is C19H31N3O4S. The van der Waals surface area contributed by atoms with E-state index in [-0.39, 0.29) is 5.75 Å². The Hall–Kier alpha value is -1.96. The fraction of sp³-hybridized carbons (Fsp3) is 0.632. The zero-order valence-corrected chi connectivity index (χ0v) is 17.7. The topological polar surface area (TPSA) is 80.2 Å². The monoisotopic (exact) mass is 397 g/mol. The summed E-state index contributed by atoms with van der Waals surface area (Å²) in [5.74, 6) is 2.26. The fourth-order valence-electron chi connectivity index (χ4n) is 3.00. The number of ether oxygens (including phenoxy) is 2. The van der Waals surface area contributed by atoms with E-state index in [4.69, 9.17) is 14.5 Å². The molecular weight excluding hydrogens is 366 g/mol. The van der Waals surface area contributed by atoms with Crippen molar-refractivity contribution < 1.29 is 17.9 Å². The molecule has 0 radical (unpaired) electrons. The molecule has 0 unspecified atom stereocenters. The maximum atomic E-state index is 12.3. The molecule has 1 N–H and O–H groups in total. The quantitative estimate of drug-likeness (QED) is 0.585. The molecule has 7 nitrogen and oxygen atoms in total. The second kappa shape index (κ2) is 8.82. The van der Waals surface area contributed by atoms with Gasteiger partial charge in [-0.1, -0.05) is 6.07 Å². The van der Waals surface area contributed by atoms with Gasteiger partial charge in [-0.3, -0.25) is 0 Å². The summed E-state index contributed by atoms with van der Waals surface area (Å²) in [6.07, 6.45) is 0. The molecule has 1 aliphatic rings. The van der Waals surface area contributed by atoms with Crippen molar-refractivity contribution in [3.8, 4) is 11.5 Å². The third kappa shape index (κ3) is 5.06. The minimum atomic E-state index is -3.08. The Bertz CT molecular complexity index is 775. The third-order valence-electron chi connectivity index (χ3n) is 4.62. The molecule has 1 saturated heterocycles. The Morgan fingerprint density at radius 3 is 2.63 bits per heavy atom. The fourth-order valence-corrected chi connectivity index (χ4v) is 4.37. The zero-order valence-electron chi connectivity index (χ0n) is 16.9. The van der Waals surface area contributed by atoms with Crippen molar-refractivity contribution in [1.82, 2.24) is 10.2 Å². The van der Waals surface area contributed by atoms with Crippen LogP contribution in [0.25, 0.3) is 0 Å². The predicted octanol–water partition coefficient (Wildman–Crippen LogP) is 2.07. The largest absolute Gasteiger partial charge is 0.493 e. The van der Waals surface area contributed by atoms with Gasteiger partial charge >= 0.3 is 0 Å².